The molecular weight excluding hydrogens is 222 g/mol. The van der Waals surface area contributed by atoms with Crippen LogP contribution in [-0.2, 0) is 0 Å². The Morgan fingerprint density at radius 3 is 3.28 bits per heavy atom. The van der Waals surface area contributed by atoms with E-state index >= 15 is 0 Å². The lowest BCUT2D eigenvalue weighted by molar-refractivity contribution is 0.267. The average Bonchev–Trinajstić information content (AvgIpc) is 2.90. The molecule has 0 spiro atoms. The summed E-state index contributed by atoms with van der Waals surface area (Å²) >= 11 is 0. The minimum atomic E-state index is 0.600. The molecule has 2 aliphatic rings. The van der Waals surface area contributed by atoms with Gasteiger partial charge in [0.1, 0.15) is 5.65 Å². The Kier molecular flexibility index (Phi) is 2.12. The first-order chi connectivity index (χ1) is 8.84. The maximum absolute atomic E-state index is 4.38. The molecule has 0 aliphatic carbocycles. The standard InChI is InChI=1S/C15H17N3/c1-18-10-4-6-11(14(18)7-5-10)13-9-17-15-12(13)3-2-8-16-15/h2-3,6,8-10,14H,4-5,7H2,1H3,(H,16,17). The minimum absolute atomic E-state index is 0.600. The molecule has 0 saturated carbocycles. The lowest BCUT2D eigenvalue weighted by Crippen LogP contribution is -2.35. The average molecular weight is 239 g/mol. The first-order valence-corrected chi connectivity index (χ1v) is 6.69. The van der Waals surface area contributed by atoms with Crippen molar-refractivity contribution in [2.45, 2.75) is 31.3 Å². The molecule has 2 unspecified atom stereocenters. The molecule has 18 heavy (non-hydrogen) atoms. The zero-order valence-corrected chi connectivity index (χ0v) is 10.6. The predicted molar refractivity (Wildman–Crippen MR) is 73.3 cm³/mol. The summed E-state index contributed by atoms with van der Waals surface area (Å²) in [6.45, 7) is 0. The Morgan fingerprint density at radius 1 is 1.39 bits per heavy atom. The van der Waals surface area contributed by atoms with Crippen molar-refractivity contribution in [3.8, 4) is 0 Å². The van der Waals surface area contributed by atoms with Crippen LogP contribution in [0.2, 0.25) is 0 Å². The second-order valence-corrected chi connectivity index (χ2v) is 5.41. The van der Waals surface area contributed by atoms with Gasteiger partial charge >= 0.3 is 0 Å². The quantitative estimate of drug-likeness (QED) is 0.829. The number of hydrogen-bond donors (Lipinski definition) is 1. The highest BCUT2D eigenvalue weighted by Gasteiger charge is 2.36. The summed E-state index contributed by atoms with van der Waals surface area (Å²) in [7, 11) is 2.27. The van der Waals surface area contributed by atoms with E-state index in [0.29, 0.717) is 6.04 Å². The molecule has 1 N–H and O–H groups in total. The van der Waals surface area contributed by atoms with Crippen LogP contribution in [-0.4, -0.2) is 34.0 Å². The Labute approximate surface area is 107 Å². The van der Waals surface area contributed by atoms with E-state index in [-0.39, 0.29) is 0 Å². The van der Waals surface area contributed by atoms with Gasteiger partial charge in [-0.25, -0.2) is 4.98 Å². The van der Waals surface area contributed by atoms with Crippen LogP contribution >= 0.6 is 0 Å². The van der Waals surface area contributed by atoms with Gasteiger partial charge in [0.05, 0.1) is 0 Å². The molecule has 2 aromatic rings. The fraction of sp³-hybridized carbons (Fsp3) is 0.400. The van der Waals surface area contributed by atoms with Gasteiger partial charge in [-0.15, -0.1) is 0 Å². The van der Waals surface area contributed by atoms with Gasteiger partial charge in [0.25, 0.3) is 0 Å². The van der Waals surface area contributed by atoms with E-state index in [1.807, 2.05) is 12.3 Å². The van der Waals surface area contributed by atoms with Crippen molar-refractivity contribution in [2.75, 3.05) is 7.05 Å². The van der Waals surface area contributed by atoms with Gasteiger partial charge in [-0.2, -0.15) is 0 Å². The third kappa shape index (κ3) is 1.31. The molecule has 4 heterocycles. The SMILES string of the molecule is CN1C2CC=C(c3c[nH]c4ncccc34)C1CC2. The molecule has 3 nitrogen and oxygen atoms in total. The summed E-state index contributed by atoms with van der Waals surface area (Å²) in [5, 5.41) is 1.25. The van der Waals surface area contributed by atoms with E-state index in [4.69, 9.17) is 0 Å². The number of H-pyrrole nitrogens is 1. The number of nitrogens with one attached hydrogen (secondary N) is 1. The molecule has 1 saturated heterocycles. The van der Waals surface area contributed by atoms with Crippen LogP contribution in [0, 0.1) is 0 Å². The van der Waals surface area contributed by atoms with Crippen molar-refractivity contribution in [1.29, 1.82) is 0 Å². The normalized spacial score (nSPS) is 27.7. The van der Waals surface area contributed by atoms with E-state index in [1.165, 1.54) is 35.8 Å². The first-order valence-electron chi connectivity index (χ1n) is 6.69. The minimum Gasteiger partial charge on any atom is -0.346 e. The van der Waals surface area contributed by atoms with Gasteiger partial charge in [-0.3, -0.25) is 4.90 Å². The predicted octanol–water partition coefficient (Wildman–Crippen LogP) is 2.81. The van der Waals surface area contributed by atoms with Crippen molar-refractivity contribution in [2.24, 2.45) is 0 Å². The van der Waals surface area contributed by atoms with E-state index in [0.717, 1.165) is 11.7 Å². The summed E-state index contributed by atoms with van der Waals surface area (Å²) in [6, 6.07) is 5.55. The smallest absolute Gasteiger partial charge is 0.137 e. The highest BCUT2D eigenvalue weighted by Crippen LogP contribution is 2.40. The molecular formula is C15H17N3. The molecule has 0 amide bonds. The summed E-state index contributed by atoms with van der Waals surface area (Å²) in [5.41, 5.74) is 3.83. The Bertz CT molecular complexity index is 625. The molecule has 2 bridgehead atoms. The third-order valence-electron chi connectivity index (χ3n) is 4.57. The zero-order chi connectivity index (χ0) is 12.1. The van der Waals surface area contributed by atoms with Crippen LogP contribution in [0.15, 0.2) is 30.6 Å². The maximum atomic E-state index is 4.38. The maximum Gasteiger partial charge on any atom is 0.137 e. The molecule has 2 aromatic heterocycles. The fourth-order valence-electron chi connectivity index (χ4n) is 3.55. The number of rotatable bonds is 1. The van der Waals surface area contributed by atoms with Gasteiger partial charge in [-0.1, -0.05) is 6.08 Å². The van der Waals surface area contributed by atoms with Crippen molar-refractivity contribution in [3.63, 3.8) is 0 Å². The molecule has 0 radical (unpaired) electrons. The highest BCUT2D eigenvalue weighted by atomic mass is 15.2. The van der Waals surface area contributed by atoms with Gasteiger partial charge < -0.3 is 4.98 Å². The van der Waals surface area contributed by atoms with Crippen LogP contribution < -0.4 is 0 Å². The number of nitrogens with zero attached hydrogens (tertiary/aromatic N) is 2. The third-order valence-corrected chi connectivity index (χ3v) is 4.57. The van der Waals surface area contributed by atoms with E-state index in [2.05, 4.69) is 40.3 Å². The van der Waals surface area contributed by atoms with E-state index in [9.17, 15) is 0 Å². The number of pyridine rings is 1. The van der Waals surface area contributed by atoms with Crippen LogP contribution in [0.5, 0.6) is 0 Å². The largest absolute Gasteiger partial charge is 0.346 e. The molecule has 4 rings (SSSR count). The topological polar surface area (TPSA) is 31.9 Å². The molecule has 2 aliphatic heterocycles. The van der Waals surface area contributed by atoms with Crippen molar-refractivity contribution in [3.05, 3.63) is 36.2 Å². The summed E-state index contributed by atoms with van der Waals surface area (Å²) in [6.07, 6.45) is 10.2. The van der Waals surface area contributed by atoms with Gasteiger partial charge in [-0.05, 0) is 44.0 Å². The number of hydrogen-bond acceptors (Lipinski definition) is 2. The van der Waals surface area contributed by atoms with Gasteiger partial charge in [0.2, 0.25) is 0 Å². The van der Waals surface area contributed by atoms with Crippen LogP contribution in [0.3, 0.4) is 0 Å². The van der Waals surface area contributed by atoms with Crippen LogP contribution in [0.25, 0.3) is 16.6 Å². The molecule has 92 valence electrons. The Morgan fingerprint density at radius 2 is 2.33 bits per heavy atom. The van der Waals surface area contributed by atoms with Crippen LogP contribution in [0.4, 0.5) is 0 Å². The lowest BCUT2D eigenvalue weighted by Gasteiger charge is -2.31. The van der Waals surface area contributed by atoms with E-state index < -0.39 is 0 Å². The van der Waals surface area contributed by atoms with Crippen molar-refractivity contribution >= 4 is 16.6 Å². The Hall–Kier alpha value is -1.61. The fourth-order valence-corrected chi connectivity index (χ4v) is 3.55. The lowest BCUT2D eigenvalue weighted by atomic mass is 9.95. The van der Waals surface area contributed by atoms with Crippen LogP contribution in [0.1, 0.15) is 24.8 Å². The Balaban J connectivity index is 1.86. The first kappa shape index (κ1) is 10.3. The summed E-state index contributed by atoms with van der Waals surface area (Å²) < 4.78 is 0. The monoisotopic (exact) mass is 239 g/mol. The number of aromatic nitrogens is 2. The molecule has 3 heteroatoms. The zero-order valence-electron chi connectivity index (χ0n) is 10.6. The molecule has 1 fully saturated rings. The second kappa shape index (κ2) is 3.69. The number of fused-ring (bicyclic) bond motifs is 3. The summed E-state index contributed by atoms with van der Waals surface area (Å²) in [5.74, 6) is 0. The molecule has 0 aromatic carbocycles. The van der Waals surface area contributed by atoms with Gasteiger partial charge in [0, 0.05) is 35.4 Å². The summed E-state index contributed by atoms with van der Waals surface area (Å²) in [4.78, 5) is 10.2. The van der Waals surface area contributed by atoms with Crippen molar-refractivity contribution in [1.82, 2.24) is 14.9 Å². The highest BCUT2D eigenvalue weighted by molar-refractivity contribution is 5.92. The number of likely N-dealkylation sites (N-methyl/N-ethyl adjacent to an activating group) is 1. The number of aromatic amines is 1. The second-order valence-electron chi connectivity index (χ2n) is 5.41. The van der Waals surface area contributed by atoms with Gasteiger partial charge in [0.15, 0.2) is 0 Å². The van der Waals surface area contributed by atoms with Crippen molar-refractivity contribution < 1.29 is 0 Å². The van der Waals surface area contributed by atoms with E-state index in [1.54, 1.807) is 0 Å². The molecule has 2 atom stereocenters.